The second kappa shape index (κ2) is 5.52. The average Bonchev–Trinajstić information content (AvgIpc) is 2.54. The van der Waals surface area contributed by atoms with E-state index in [4.69, 9.17) is 5.73 Å². The van der Waals surface area contributed by atoms with Crippen LogP contribution in [0.3, 0.4) is 0 Å². The van der Waals surface area contributed by atoms with Crippen molar-refractivity contribution in [3.8, 4) is 0 Å². The Hall–Kier alpha value is -1.78. The Kier molecular flexibility index (Phi) is 4.31. The number of nitrogens with one attached hydrogen (secondary N) is 1. The van der Waals surface area contributed by atoms with Crippen molar-refractivity contribution in [3.05, 3.63) is 23.0 Å². The van der Waals surface area contributed by atoms with Gasteiger partial charge >= 0.3 is 0 Å². The van der Waals surface area contributed by atoms with E-state index in [9.17, 15) is 4.79 Å². The van der Waals surface area contributed by atoms with Crippen molar-refractivity contribution >= 4 is 11.6 Å². The third kappa shape index (κ3) is 3.09. The van der Waals surface area contributed by atoms with Gasteiger partial charge < -0.3 is 11.1 Å². The van der Waals surface area contributed by atoms with Gasteiger partial charge in [-0.1, -0.05) is 11.6 Å². The van der Waals surface area contributed by atoms with E-state index in [-0.39, 0.29) is 5.91 Å². The Bertz CT molecular complexity index is 442. The fourth-order valence-corrected chi connectivity index (χ4v) is 1.50. The molecule has 0 unspecified atom stereocenters. The van der Waals surface area contributed by atoms with Gasteiger partial charge in [0.25, 0.3) is 5.91 Å². The van der Waals surface area contributed by atoms with Crippen molar-refractivity contribution < 1.29 is 4.79 Å². The Morgan fingerprint density at radius 1 is 1.53 bits per heavy atom. The number of hydrogen-bond donors (Lipinski definition) is 2. The first-order chi connectivity index (χ1) is 7.97. The van der Waals surface area contributed by atoms with Gasteiger partial charge in [0.1, 0.15) is 5.69 Å². The molecule has 1 aromatic rings. The predicted molar refractivity (Wildman–Crippen MR) is 68.8 cm³/mol. The molecule has 1 amide bonds. The first kappa shape index (κ1) is 13.3. The molecule has 94 valence electrons. The quantitative estimate of drug-likeness (QED) is 0.778. The maximum absolute atomic E-state index is 12.0. The summed E-state index contributed by atoms with van der Waals surface area (Å²) in [6.07, 6.45) is 1.95. The second-order valence-electron chi connectivity index (χ2n) is 4.15. The summed E-state index contributed by atoms with van der Waals surface area (Å²) in [6.45, 7) is 8.84. The molecule has 1 heterocycles. The van der Waals surface area contributed by atoms with E-state index in [1.165, 1.54) is 5.57 Å². The SMILES string of the molecule is CCn1nc(C)c(N)c1C(=O)NCC=C(C)C. The van der Waals surface area contributed by atoms with Crippen molar-refractivity contribution in [1.82, 2.24) is 15.1 Å². The van der Waals surface area contributed by atoms with E-state index in [1.54, 1.807) is 11.6 Å². The summed E-state index contributed by atoms with van der Waals surface area (Å²) in [4.78, 5) is 12.0. The lowest BCUT2D eigenvalue weighted by molar-refractivity contribution is 0.0948. The minimum Gasteiger partial charge on any atom is -0.395 e. The van der Waals surface area contributed by atoms with Crippen LogP contribution in [0.5, 0.6) is 0 Å². The number of allylic oxidation sites excluding steroid dienone is 1. The first-order valence-electron chi connectivity index (χ1n) is 5.71. The molecule has 0 spiro atoms. The van der Waals surface area contributed by atoms with Gasteiger partial charge in [0.05, 0.1) is 11.4 Å². The number of amides is 1. The minimum atomic E-state index is -0.178. The van der Waals surface area contributed by atoms with Crippen molar-refractivity contribution in [2.75, 3.05) is 12.3 Å². The molecule has 5 nitrogen and oxygen atoms in total. The Balaban J connectivity index is 2.85. The monoisotopic (exact) mass is 236 g/mol. The number of nitrogen functional groups attached to an aromatic ring is 1. The summed E-state index contributed by atoms with van der Waals surface area (Å²) in [5.74, 6) is -0.178. The van der Waals surface area contributed by atoms with E-state index in [0.29, 0.717) is 30.2 Å². The number of carbonyl (C=O) groups excluding carboxylic acids is 1. The van der Waals surface area contributed by atoms with Gasteiger partial charge in [-0.3, -0.25) is 9.48 Å². The molecular formula is C12H20N4O. The molecule has 0 fully saturated rings. The van der Waals surface area contributed by atoms with Crippen molar-refractivity contribution in [3.63, 3.8) is 0 Å². The van der Waals surface area contributed by atoms with Crippen molar-refractivity contribution in [2.24, 2.45) is 0 Å². The van der Waals surface area contributed by atoms with Crippen LogP contribution in [0.2, 0.25) is 0 Å². The zero-order valence-corrected chi connectivity index (χ0v) is 10.9. The standard InChI is InChI=1S/C12H20N4O/c1-5-16-11(10(13)9(4)15-16)12(17)14-7-6-8(2)3/h6H,5,7,13H2,1-4H3,(H,14,17). The van der Waals surface area contributed by atoms with E-state index < -0.39 is 0 Å². The molecule has 0 saturated heterocycles. The summed E-state index contributed by atoms with van der Waals surface area (Å²) >= 11 is 0. The fraction of sp³-hybridized carbons (Fsp3) is 0.500. The van der Waals surface area contributed by atoms with Gasteiger partial charge in [0.2, 0.25) is 0 Å². The first-order valence-corrected chi connectivity index (χ1v) is 5.71. The highest BCUT2D eigenvalue weighted by Gasteiger charge is 2.18. The Labute approximate surface area is 102 Å². The predicted octanol–water partition coefficient (Wildman–Crippen LogP) is 1.49. The normalized spacial score (nSPS) is 10.1. The molecule has 5 heteroatoms. The van der Waals surface area contributed by atoms with Gasteiger partial charge in [0, 0.05) is 13.1 Å². The van der Waals surface area contributed by atoms with Crippen LogP contribution in [0.15, 0.2) is 11.6 Å². The number of aromatic nitrogens is 2. The smallest absolute Gasteiger partial charge is 0.271 e. The lowest BCUT2D eigenvalue weighted by Crippen LogP contribution is -2.27. The van der Waals surface area contributed by atoms with Crippen LogP contribution < -0.4 is 11.1 Å². The molecule has 0 atom stereocenters. The van der Waals surface area contributed by atoms with Crippen LogP contribution in [-0.2, 0) is 6.54 Å². The van der Waals surface area contributed by atoms with Crippen LogP contribution in [0.25, 0.3) is 0 Å². The average molecular weight is 236 g/mol. The Morgan fingerprint density at radius 2 is 2.18 bits per heavy atom. The number of aryl methyl sites for hydroxylation is 2. The van der Waals surface area contributed by atoms with E-state index >= 15 is 0 Å². The topological polar surface area (TPSA) is 72.9 Å². The zero-order valence-electron chi connectivity index (χ0n) is 10.9. The van der Waals surface area contributed by atoms with Crippen molar-refractivity contribution in [2.45, 2.75) is 34.2 Å². The molecule has 0 radical (unpaired) electrons. The number of nitrogens with two attached hydrogens (primary N) is 1. The maximum atomic E-state index is 12.0. The summed E-state index contributed by atoms with van der Waals surface area (Å²) < 4.78 is 1.63. The summed E-state index contributed by atoms with van der Waals surface area (Å²) in [5.41, 5.74) is 8.62. The number of hydrogen-bond acceptors (Lipinski definition) is 3. The largest absolute Gasteiger partial charge is 0.395 e. The van der Waals surface area contributed by atoms with Crippen LogP contribution in [-0.4, -0.2) is 22.2 Å². The number of nitrogens with zero attached hydrogens (tertiary/aromatic N) is 2. The van der Waals surface area contributed by atoms with E-state index in [2.05, 4.69) is 10.4 Å². The van der Waals surface area contributed by atoms with Gasteiger partial charge in [-0.15, -0.1) is 0 Å². The van der Waals surface area contributed by atoms with Crippen LogP contribution >= 0.6 is 0 Å². The summed E-state index contributed by atoms with van der Waals surface area (Å²) in [6, 6.07) is 0. The molecule has 0 aliphatic rings. The second-order valence-corrected chi connectivity index (χ2v) is 4.15. The fourth-order valence-electron chi connectivity index (χ4n) is 1.50. The van der Waals surface area contributed by atoms with Crippen LogP contribution in [0, 0.1) is 6.92 Å². The van der Waals surface area contributed by atoms with Crippen LogP contribution in [0.4, 0.5) is 5.69 Å². The van der Waals surface area contributed by atoms with Gasteiger partial charge in [-0.05, 0) is 27.7 Å². The lowest BCUT2D eigenvalue weighted by Gasteiger charge is -2.06. The molecule has 17 heavy (non-hydrogen) atoms. The van der Waals surface area contributed by atoms with Gasteiger partial charge in [-0.2, -0.15) is 5.10 Å². The molecule has 0 bridgehead atoms. The molecule has 0 aliphatic carbocycles. The summed E-state index contributed by atoms with van der Waals surface area (Å²) in [7, 11) is 0. The van der Waals surface area contributed by atoms with Crippen molar-refractivity contribution in [1.29, 1.82) is 0 Å². The highest BCUT2D eigenvalue weighted by atomic mass is 16.2. The van der Waals surface area contributed by atoms with Crippen LogP contribution in [0.1, 0.15) is 37.0 Å². The Morgan fingerprint density at radius 3 is 2.71 bits per heavy atom. The third-order valence-electron chi connectivity index (χ3n) is 2.46. The molecule has 0 aromatic carbocycles. The third-order valence-corrected chi connectivity index (χ3v) is 2.46. The van der Waals surface area contributed by atoms with Gasteiger partial charge in [-0.25, -0.2) is 0 Å². The molecule has 1 aromatic heterocycles. The van der Waals surface area contributed by atoms with Gasteiger partial charge in [0.15, 0.2) is 0 Å². The molecule has 1 rings (SSSR count). The minimum absolute atomic E-state index is 0.178. The highest BCUT2D eigenvalue weighted by molar-refractivity contribution is 5.98. The van der Waals surface area contributed by atoms with E-state index in [0.717, 1.165) is 0 Å². The number of carbonyl (C=O) groups is 1. The molecule has 0 aliphatic heterocycles. The number of anilines is 1. The highest BCUT2D eigenvalue weighted by Crippen LogP contribution is 2.15. The summed E-state index contributed by atoms with van der Waals surface area (Å²) in [5, 5.41) is 7.01. The molecular weight excluding hydrogens is 216 g/mol. The van der Waals surface area contributed by atoms with E-state index in [1.807, 2.05) is 26.8 Å². The molecule has 0 saturated carbocycles. The number of rotatable bonds is 4. The lowest BCUT2D eigenvalue weighted by atomic mass is 10.3. The molecule has 3 N–H and O–H groups in total. The zero-order chi connectivity index (χ0) is 13.0. The maximum Gasteiger partial charge on any atom is 0.271 e.